The number of aromatic nitrogens is 6. The van der Waals surface area contributed by atoms with Crippen LogP contribution < -0.4 is 4.74 Å². The average Bonchev–Trinajstić information content (AvgIpc) is 4.00. The van der Waals surface area contributed by atoms with Crippen LogP contribution in [-0.4, -0.2) is 29.1 Å². The van der Waals surface area contributed by atoms with Gasteiger partial charge in [-0.3, -0.25) is 9.97 Å². The van der Waals surface area contributed by atoms with Gasteiger partial charge in [0.25, 0.3) is 0 Å². The predicted molar refractivity (Wildman–Crippen MR) is 259 cm³/mol. The summed E-state index contributed by atoms with van der Waals surface area (Å²) in [6.45, 7) is 0. The zero-order chi connectivity index (χ0) is 43.5. The number of hydrogen-bond donors (Lipinski definition) is 0. The molecule has 0 unspecified atom stereocenters. The Balaban J connectivity index is 1.06. The van der Waals surface area contributed by atoms with Gasteiger partial charge in [0.05, 0.1) is 55.8 Å². The van der Waals surface area contributed by atoms with Crippen LogP contribution in [0.15, 0.2) is 201 Å². The molecule has 6 heterocycles. The van der Waals surface area contributed by atoms with Crippen molar-refractivity contribution in [3.05, 3.63) is 229 Å². The van der Waals surface area contributed by atoms with E-state index in [9.17, 15) is 5.26 Å². The molecule has 0 saturated carbocycles. The van der Waals surface area contributed by atoms with Crippen LogP contribution in [-0.2, 0) is 5.41 Å². The van der Waals surface area contributed by atoms with E-state index in [2.05, 4.69) is 165 Å². The minimum atomic E-state index is -0.873. The number of para-hydroxylation sites is 5. The highest BCUT2D eigenvalue weighted by Crippen LogP contribution is 2.63. The van der Waals surface area contributed by atoms with Crippen molar-refractivity contribution in [2.75, 3.05) is 0 Å². The van der Waals surface area contributed by atoms with Crippen molar-refractivity contribution < 1.29 is 4.74 Å². The molecule has 66 heavy (non-hydrogen) atoms. The fourth-order valence-corrected chi connectivity index (χ4v) is 11.1. The van der Waals surface area contributed by atoms with Crippen LogP contribution >= 0.6 is 0 Å². The number of nitriles is 1. The molecular weight excluding hydrogens is 811 g/mol. The quantitative estimate of drug-likeness (QED) is 0.175. The van der Waals surface area contributed by atoms with Crippen molar-refractivity contribution in [1.29, 1.82) is 5.26 Å². The van der Waals surface area contributed by atoms with Gasteiger partial charge in [0.15, 0.2) is 5.75 Å². The molecule has 12 aromatic rings. The van der Waals surface area contributed by atoms with Gasteiger partial charge in [-0.1, -0.05) is 115 Å². The molecule has 1 aliphatic carbocycles. The number of pyridine rings is 2. The molecule has 0 saturated heterocycles. The van der Waals surface area contributed by atoms with Crippen molar-refractivity contribution in [2.45, 2.75) is 5.41 Å². The molecule has 0 atom stereocenters. The predicted octanol–water partition coefficient (Wildman–Crippen LogP) is 13.1. The summed E-state index contributed by atoms with van der Waals surface area (Å²) in [5.41, 5.74) is 14.6. The van der Waals surface area contributed by atoms with Gasteiger partial charge in [-0.2, -0.15) is 5.26 Å². The van der Waals surface area contributed by atoms with Crippen LogP contribution in [0.2, 0.25) is 0 Å². The highest BCUT2D eigenvalue weighted by Gasteiger charge is 2.53. The molecule has 306 valence electrons. The fraction of sp³-hybridized carbons (Fsp3) is 0.0172. The molecule has 1 aliphatic heterocycles. The highest BCUT2D eigenvalue weighted by atomic mass is 16.5. The molecule has 0 bridgehead atoms. The lowest BCUT2D eigenvalue weighted by Crippen LogP contribution is -2.33. The van der Waals surface area contributed by atoms with E-state index in [1.54, 1.807) is 6.20 Å². The van der Waals surface area contributed by atoms with Crippen LogP contribution in [0.25, 0.3) is 88.8 Å². The Hall–Kier alpha value is -9.19. The van der Waals surface area contributed by atoms with Gasteiger partial charge in [-0.05, 0) is 71.8 Å². The fourth-order valence-electron chi connectivity index (χ4n) is 11.1. The Bertz CT molecular complexity index is 3970. The Morgan fingerprint density at radius 2 is 1.03 bits per heavy atom. The van der Waals surface area contributed by atoms with E-state index in [-0.39, 0.29) is 0 Å². The normalized spacial score (nSPS) is 13.1. The number of fused-ring (bicyclic) bond motifs is 15. The maximum absolute atomic E-state index is 10.9. The lowest BCUT2D eigenvalue weighted by atomic mass is 9.65. The summed E-state index contributed by atoms with van der Waals surface area (Å²) in [6, 6.07) is 64.1. The van der Waals surface area contributed by atoms with Gasteiger partial charge in [0.1, 0.15) is 18.1 Å². The van der Waals surface area contributed by atoms with E-state index in [0.717, 1.165) is 94.5 Å². The Labute approximate surface area is 377 Å². The molecule has 0 N–H and O–H groups in total. The monoisotopic (exact) mass is 843 g/mol. The molecule has 7 aromatic carbocycles. The second-order valence-electron chi connectivity index (χ2n) is 16.8. The summed E-state index contributed by atoms with van der Waals surface area (Å²) < 4.78 is 12.3. The maximum atomic E-state index is 10.9. The number of benzene rings is 7. The lowest BCUT2D eigenvalue weighted by molar-refractivity contribution is 0.436. The van der Waals surface area contributed by atoms with Gasteiger partial charge >= 0.3 is 0 Å². The van der Waals surface area contributed by atoms with Crippen molar-refractivity contribution in [1.82, 2.24) is 29.1 Å². The average molecular weight is 844 g/mol. The molecule has 8 heteroatoms. The Morgan fingerprint density at radius 3 is 1.71 bits per heavy atom. The molecule has 8 nitrogen and oxygen atoms in total. The third-order valence-corrected chi connectivity index (χ3v) is 13.7. The van der Waals surface area contributed by atoms with Gasteiger partial charge in [0, 0.05) is 73.6 Å². The van der Waals surface area contributed by atoms with E-state index in [0.29, 0.717) is 22.8 Å². The standard InChI is InChI=1S/C58H33N7O/c59-33-43-36(15-7-16-37(43)48-28-31-60-34-63-48)41-17-8-18-46-56(41)66-57-47(58(46)44-20-10-29-61-54(44)55-45(58)21-11-30-62-55)19-9-25-53(57)65-51-24-6-3-14-40(51)42-32-35(26-27-52(42)65)64-49-22-4-1-12-38(49)39-13-2-5-23-50(39)64/h1-32,34H. The zero-order valence-corrected chi connectivity index (χ0v) is 35.1. The second kappa shape index (κ2) is 13.7. The van der Waals surface area contributed by atoms with Gasteiger partial charge in [-0.25, -0.2) is 9.97 Å². The van der Waals surface area contributed by atoms with Crippen molar-refractivity contribution in [3.63, 3.8) is 0 Å². The maximum Gasteiger partial charge on any atom is 0.156 e. The van der Waals surface area contributed by atoms with Crippen LogP contribution in [0, 0.1) is 11.3 Å². The molecule has 1 spiro atoms. The van der Waals surface area contributed by atoms with Crippen LogP contribution in [0.4, 0.5) is 0 Å². The smallest absolute Gasteiger partial charge is 0.156 e. The van der Waals surface area contributed by atoms with Crippen molar-refractivity contribution in [2.24, 2.45) is 0 Å². The molecule has 2 aliphatic rings. The summed E-state index contributed by atoms with van der Waals surface area (Å²) in [7, 11) is 0. The number of ether oxygens (including phenoxy) is 1. The topological polar surface area (TPSA) is 94.4 Å². The van der Waals surface area contributed by atoms with Crippen molar-refractivity contribution in [3.8, 4) is 62.7 Å². The molecule has 5 aromatic heterocycles. The summed E-state index contributed by atoms with van der Waals surface area (Å²) >= 11 is 0. The lowest BCUT2D eigenvalue weighted by Gasteiger charge is -2.40. The first-order valence-electron chi connectivity index (χ1n) is 21.9. The van der Waals surface area contributed by atoms with Crippen LogP contribution in [0.3, 0.4) is 0 Å². The van der Waals surface area contributed by atoms with E-state index in [4.69, 9.17) is 14.7 Å². The SMILES string of the molecule is N#Cc1c(-c2ccncn2)cccc1-c1cccc2c1Oc1c(-n3c4ccccc4c4cc(-n5c6ccccc6c6ccccc65)ccc43)cccc1C21c2cccnc2-c2ncccc21. The first kappa shape index (κ1) is 36.3. The minimum Gasteiger partial charge on any atom is -0.454 e. The van der Waals surface area contributed by atoms with E-state index >= 15 is 0 Å². The van der Waals surface area contributed by atoms with Gasteiger partial charge in [-0.15, -0.1) is 0 Å². The number of hydrogen-bond acceptors (Lipinski definition) is 6. The summed E-state index contributed by atoms with van der Waals surface area (Å²) in [4.78, 5) is 18.7. The molecule has 0 fully saturated rings. The zero-order valence-electron chi connectivity index (χ0n) is 35.1. The summed E-state index contributed by atoms with van der Waals surface area (Å²) in [5.74, 6) is 1.37. The highest BCUT2D eigenvalue weighted by molar-refractivity contribution is 6.12. The Morgan fingerprint density at radius 1 is 0.455 bits per heavy atom. The molecule has 14 rings (SSSR count). The van der Waals surface area contributed by atoms with Crippen LogP contribution in [0.1, 0.15) is 27.8 Å². The summed E-state index contributed by atoms with van der Waals surface area (Å²) in [6.07, 6.45) is 6.89. The van der Waals surface area contributed by atoms with E-state index in [1.165, 1.54) is 17.1 Å². The Kier molecular flexibility index (Phi) is 7.51. The molecular formula is C58H33N7O. The van der Waals surface area contributed by atoms with E-state index in [1.807, 2.05) is 48.8 Å². The van der Waals surface area contributed by atoms with Crippen molar-refractivity contribution >= 4 is 43.6 Å². The molecule has 0 amide bonds. The summed E-state index contributed by atoms with van der Waals surface area (Å²) in [5, 5.41) is 15.6. The molecule has 0 radical (unpaired) electrons. The largest absolute Gasteiger partial charge is 0.454 e. The van der Waals surface area contributed by atoms with E-state index < -0.39 is 5.41 Å². The van der Waals surface area contributed by atoms with Gasteiger partial charge < -0.3 is 13.9 Å². The third-order valence-electron chi connectivity index (χ3n) is 13.7. The van der Waals surface area contributed by atoms with Gasteiger partial charge in [0.2, 0.25) is 0 Å². The third kappa shape index (κ3) is 4.75. The number of nitrogens with zero attached hydrogens (tertiary/aromatic N) is 7. The first-order valence-corrected chi connectivity index (χ1v) is 21.9. The second-order valence-corrected chi connectivity index (χ2v) is 16.8. The van der Waals surface area contributed by atoms with Crippen LogP contribution in [0.5, 0.6) is 11.5 Å². The first-order chi connectivity index (χ1) is 32.7. The number of rotatable bonds is 4. The minimum absolute atomic E-state index is 0.498.